The molecule has 0 heterocycles. The number of nitrogens with zero attached hydrogens (tertiary/aromatic N) is 1. The van der Waals surface area contributed by atoms with Crippen molar-refractivity contribution in [3.05, 3.63) is 55.6 Å². The maximum Gasteiger partial charge on any atom is 0.259 e. The van der Waals surface area contributed by atoms with Crippen LogP contribution in [0.5, 0.6) is 0 Å². The minimum atomic E-state index is -0.0628. The molecular weight excluding hydrogens is 431 g/mol. The molecular formula is C15H14BrIN2O. The van der Waals surface area contributed by atoms with Crippen molar-refractivity contribution in [2.45, 2.75) is 6.92 Å². The van der Waals surface area contributed by atoms with Crippen molar-refractivity contribution in [1.82, 2.24) is 0 Å². The van der Waals surface area contributed by atoms with Crippen molar-refractivity contribution < 1.29 is 4.79 Å². The molecule has 0 radical (unpaired) electrons. The maximum absolute atomic E-state index is 12.6. The van der Waals surface area contributed by atoms with Crippen molar-refractivity contribution in [1.29, 1.82) is 0 Å². The van der Waals surface area contributed by atoms with Gasteiger partial charge in [-0.1, -0.05) is 28.1 Å². The molecule has 0 atom stereocenters. The number of rotatable bonds is 2. The molecule has 2 rings (SSSR count). The maximum atomic E-state index is 12.6. The van der Waals surface area contributed by atoms with Gasteiger partial charge >= 0.3 is 0 Å². The van der Waals surface area contributed by atoms with E-state index in [1.807, 2.05) is 37.3 Å². The highest BCUT2D eigenvalue weighted by molar-refractivity contribution is 14.1. The standard InChI is InChI=1S/C15H14BrIN2O/c1-9-4-3-5-11(14(9)17)15(20)19(2)13-7-6-10(16)8-12(13)18/h3-8H,18H2,1-2H3. The van der Waals surface area contributed by atoms with Gasteiger partial charge in [0.2, 0.25) is 0 Å². The molecule has 2 aromatic rings. The summed E-state index contributed by atoms with van der Waals surface area (Å²) in [5.41, 5.74) is 9.03. The first kappa shape index (κ1) is 15.3. The van der Waals surface area contributed by atoms with E-state index < -0.39 is 0 Å². The van der Waals surface area contributed by atoms with Gasteiger partial charge in [-0.25, -0.2) is 0 Å². The lowest BCUT2D eigenvalue weighted by molar-refractivity contribution is 0.0992. The minimum Gasteiger partial charge on any atom is -0.397 e. The average molecular weight is 445 g/mol. The predicted molar refractivity (Wildman–Crippen MR) is 95.2 cm³/mol. The number of hydrogen-bond acceptors (Lipinski definition) is 2. The molecule has 0 saturated heterocycles. The highest BCUT2D eigenvalue weighted by atomic mass is 127. The van der Waals surface area contributed by atoms with Crippen LogP contribution in [0.1, 0.15) is 15.9 Å². The van der Waals surface area contributed by atoms with E-state index in [1.165, 1.54) is 0 Å². The third-order valence-electron chi connectivity index (χ3n) is 3.08. The summed E-state index contributed by atoms with van der Waals surface area (Å²) in [6.07, 6.45) is 0. The van der Waals surface area contributed by atoms with Gasteiger partial charge in [0.1, 0.15) is 0 Å². The quantitative estimate of drug-likeness (QED) is 0.556. The second-order valence-electron chi connectivity index (χ2n) is 4.50. The fourth-order valence-corrected chi connectivity index (χ4v) is 2.90. The van der Waals surface area contributed by atoms with Gasteiger partial charge in [-0.3, -0.25) is 4.79 Å². The van der Waals surface area contributed by atoms with Crippen LogP contribution in [0, 0.1) is 10.5 Å². The van der Waals surface area contributed by atoms with Gasteiger partial charge in [0.25, 0.3) is 5.91 Å². The van der Waals surface area contributed by atoms with Crippen LogP contribution in [0.4, 0.5) is 11.4 Å². The molecule has 0 fully saturated rings. The van der Waals surface area contributed by atoms with Crippen LogP contribution in [0.15, 0.2) is 40.9 Å². The Morgan fingerprint density at radius 3 is 2.65 bits per heavy atom. The Bertz CT molecular complexity index is 673. The molecule has 2 N–H and O–H groups in total. The number of carbonyl (C=O) groups excluding carboxylic acids is 1. The first-order chi connectivity index (χ1) is 9.41. The summed E-state index contributed by atoms with van der Waals surface area (Å²) in [4.78, 5) is 14.2. The molecule has 0 aliphatic heterocycles. The van der Waals surface area contributed by atoms with Gasteiger partial charge in [0.15, 0.2) is 0 Å². The zero-order chi connectivity index (χ0) is 14.9. The summed E-state index contributed by atoms with van der Waals surface area (Å²) < 4.78 is 1.86. The van der Waals surface area contributed by atoms with E-state index in [9.17, 15) is 4.79 Å². The number of benzene rings is 2. The van der Waals surface area contributed by atoms with Crippen LogP contribution >= 0.6 is 38.5 Å². The van der Waals surface area contributed by atoms with Crippen LogP contribution in [0.2, 0.25) is 0 Å². The van der Waals surface area contributed by atoms with E-state index in [-0.39, 0.29) is 5.91 Å². The number of halogens is 2. The SMILES string of the molecule is Cc1cccc(C(=O)N(C)c2ccc(Br)cc2N)c1I. The lowest BCUT2D eigenvalue weighted by Crippen LogP contribution is -2.27. The average Bonchev–Trinajstić information content (AvgIpc) is 2.40. The van der Waals surface area contributed by atoms with E-state index >= 15 is 0 Å². The number of hydrogen-bond donors (Lipinski definition) is 1. The predicted octanol–water partition coefficient (Wildman–Crippen LogP) is 4.22. The Hall–Kier alpha value is -1.08. The summed E-state index contributed by atoms with van der Waals surface area (Å²) in [6, 6.07) is 11.2. The molecule has 3 nitrogen and oxygen atoms in total. The summed E-state index contributed by atoms with van der Waals surface area (Å²) in [5, 5.41) is 0. The summed E-state index contributed by atoms with van der Waals surface area (Å²) in [6.45, 7) is 1.99. The molecule has 0 unspecified atom stereocenters. The van der Waals surface area contributed by atoms with Crippen LogP contribution in [-0.2, 0) is 0 Å². The first-order valence-corrected chi connectivity index (χ1v) is 7.87. The molecule has 20 heavy (non-hydrogen) atoms. The van der Waals surface area contributed by atoms with Gasteiger partial charge in [-0.05, 0) is 59.3 Å². The minimum absolute atomic E-state index is 0.0628. The third-order valence-corrected chi connectivity index (χ3v) is 5.00. The normalized spacial score (nSPS) is 10.4. The zero-order valence-corrected chi connectivity index (χ0v) is 14.9. The van der Waals surface area contributed by atoms with Crippen molar-refractivity contribution in [2.24, 2.45) is 0 Å². The highest BCUT2D eigenvalue weighted by Crippen LogP contribution is 2.28. The number of nitrogens with two attached hydrogens (primary N) is 1. The second kappa shape index (κ2) is 6.13. The van der Waals surface area contributed by atoms with E-state index in [2.05, 4.69) is 38.5 Å². The fourth-order valence-electron chi connectivity index (χ4n) is 1.93. The number of aryl methyl sites for hydroxylation is 1. The lowest BCUT2D eigenvalue weighted by Gasteiger charge is -2.20. The van der Waals surface area contributed by atoms with Gasteiger partial charge in [0, 0.05) is 15.1 Å². The van der Waals surface area contributed by atoms with Crippen LogP contribution in [0.25, 0.3) is 0 Å². The molecule has 0 aliphatic carbocycles. The van der Waals surface area contributed by atoms with E-state index in [0.717, 1.165) is 13.6 Å². The van der Waals surface area contributed by atoms with Gasteiger partial charge in [0.05, 0.1) is 16.9 Å². The van der Waals surface area contributed by atoms with E-state index in [0.29, 0.717) is 16.9 Å². The smallest absolute Gasteiger partial charge is 0.259 e. The van der Waals surface area contributed by atoms with Crippen molar-refractivity contribution in [3.8, 4) is 0 Å². The van der Waals surface area contributed by atoms with E-state index in [4.69, 9.17) is 5.73 Å². The van der Waals surface area contributed by atoms with E-state index in [1.54, 1.807) is 18.0 Å². The van der Waals surface area contributed by atoms with Crippen molar-refractivity contribution >= 4 is 55.8 Å². The van der Waals surface area contributed by atoms with Gasteiger partial charge in [-0.15, -0.1) is 0 Å². The van der Waals surface area contributed by atoms with Gasteiger partial charge < -0.3 is 10.6 Å². The Morgan fingerprint density at radius 2 is 2.00 bits per heavy atom. The molecule has 0 aliphatic rings. The molecule has 1 amide bonds. The highest BCUT2D eigenvalue weighted by Gasteiger charge is 2.18. The zero-order valence-electron chi connectivity index (χ0n) is 11.2. The fraction of sp³-hybridized carbons (Fsp3) is 0.133. The van der Waals surface area contributed by atoms with Crippen molar-refractivity contribution in [2.75, 3.05) is 17.7 Å². The number of carbonyl (C=O) groups is 1. The summed E-state index contributed by atoms with van der Waals surface area (Å²) in [5.74, 6) is -0.0628. The molecule has 5 heteroatoms. The number of nitrogen functional groups attached to an aromatic ring is 1. The molecule has 104 valence electrons. The van der Waals surface area contributed by atoms with Crippen LogP contribution in [-0.4, -0.2) is 13.0 Å². The molecule has 0 spiro atoms. The molecule has 2 aromatic carbocycles. The summed E-state index contributed by atoms with van der Waals surface area (Å²) >= 11 is 5.56. The first-order valence-electron chi connectivity index (χ1n) is 6.00. The molecule has 0 bridgehead atoms. The summed E-state index contributed by atoms with van der Waals surface area (Å²) in [7, 11) is 1.74. The monoisotopic (exact) mass is 444 g/mol. The number of amides is 1. The lowest BCUT2D eigenvalue weighted by atomic mass is 10.1. The van der Waals surface area contributed by atoms with Crippen LogP contribution in [0.3, 0.4) is 0 Å². The Balaban J connectivity index is 2.40. The third kappa shape index (κ3) is 2.98. The van der Waals surface area contributed by atoms with Crippen LogP contribution < -0.4 is 10.6 Å². The Labute approximate surface area is 140 Å². The largest absolute Gasteiger partial charge is 0.397 e. The Morgan fingerprint density at radius 1 is 1.30 bits per heavy atom. The topological polar surface area (TPSA) is 46.3 Å². The van der Waals surface area contributed by atoms with Gasteiger partial charge in [-0.2, -0.15) is 0 Å². The second-order valence-corrected chi connectivity index (χ2v) is 6.50. The molecule has 0 saturated carbocycles. The number of anilines is 2. The Kier molecular flexibility index (Phi) is 4.70. The molecule has 0 aromatic heterocycles. The van der Waals surface area contributed by atoms with Crippen molar-refractivity contribution in [3.63, 3.8) is 0 Å².